The van der Waals surface area contributed by atoms with Crippen molar-refractivity contribution < 1.29 is 4.74 Å². The number of aliphatic imine (C=N–C) groups is 1. The van der Waals surface area contributed by atoms with Gasteiger partial charge in [0.15, 0.2) is 5.96 Å². The molecule has 1 aromatic rings. The monoisotopic (exact) mass is 520 g/mol. The molecule has 2 saturated heterocycles. The number of rotatable bonds is 6. The van der Waals surface area contributed by atoms with Gasteiger partial charge in [-0.3, -0.25) is 9.89 Å². The first-order valence-corrected chi connectivity index (χ1v) is 11.3. The van der Waals surface area contributed by atoms with Crippen molar-refractivity contribution in [2.75, 3.05) is 54.0 Å². The molecule has 2 aliphatic rings. The van der Waals surface area contributed by atoms with Gasteiger partial charge in [-0.05, 0) is 69.0 Å². The molecule has 28 heavy (non-hydrogen) atoms. The summed E-state index contributed by atoms with van der Waals surface area (Å²) in [5.41, 5.74) is 0. The summed E-state index contributed by atoms with van der Waals surface area (Å²) in [4.78, 5) is 10.9. The highest BCUT2D eigenvalue weighted by Gasteiger charge is 2.31. The highest BCUT2D eigenvalue weighted by Crippen LogP contribution is 2.36. The topological polar surface area (TPSA) is 40.1 Å². The predicted molar refractivity (Wildman–Crippen MR) is 130 cm³/mol. The number of nitrogens with one attached hydrogen (secondary N) is 1. The van der Waals surface area contributed by atoms with E-state index in [2.05, 4.69) is 51.7 Å². The second kappa shape index (κ2) is 12.3. The van der Waals surface area contributed by atoms with Gasteiger partial charge in [-0.25, -0.2) is 0 Å². The molecule has 1 aromatic heterocycles. The molecule has 5 nitrogen and oxygen atoms in total. The van der Waals surface area contributed by atoms with Gasteiger partial charge < -0.3 is 15.0 Å². The Morgan fingerprint density at radius 1 is 1.36 bits per heavy atom. The quantitative estimate of drug-likeness (QED) is 0.349. The molecule has 0 spiro atoms. The first kappa shape index (κ1) is 23.9. The summed E-state index contributed by atoms with van der Waals surface area (Å²) in [6, 6.07) is 4.99. The lowest BCUT2D eigenvalue weighted by molar-refractivity contribution is 0.0625. The second-order valence-electron chi connectivity index (χ2n) is 8.04. The zero-order valence-electron chi connectivity index (χ0n) is 17.6. The number of hydrogen-bond donors (Lipinski definition) is 1. The summed E-state index contributed by atoms with van der Waals surface area (Å²) in [6.07, 6.45) is 6.20. The van der Waals surface area contributed by atoms with E-state index in [4.69, 9.17) is 4.74 Å². The molecule has 2 aliphatic heterocycles. The van der Waals surface area contributed by atoms with Gasteiger partial charge in [-0.1, -0.05) is 6.07 Å². The molecule has 1 N–H and O–H groups in total. The van der Waals surface area contributed by atoms with Gasteiger partial charge in [0.05, 0.1) is 0 Å². The van der Waals surface area contributed by atoms with Crippen LogP contribution in [0.3, 0.4) is 0 Å². The SMILES string of the molecule is CN=C(NCC1CCCN(C)C1c1cccs1)N(C)CCC1CCOCC1.I. The lowest BCUT2D eigenvalue weighted by atomic mass is 9.88. The molecule has 0 saturated carbocycles. The standard InChI is InChI=1S/C21H36N4OS.HI/c1-22-21(25(3)12-8-17-9-13-26-14-10-17)23-16-18-6-4-11-24(2)20(18)19-7-5-15-27-19;/h5,7,15,17-18,20H,4,6,8-14,16H2,1-3H3,(H,22,23);1H. The fourth-order valence-corrected chi connectivity index (χ4v) is 5.49. The lowest BCUT2D eigenvalue weighted by Gasteiger charge is -2.39. The van der Waals surface area contributed by atoms with Gasteiger partial charge in [0, 0.05) is 51.3 Å². The van der Waals surface area contributed by atoms with E-state index < -0.39 is 0 Å². The molecule has 0 radical (unpaired) electrons. The van der Waals surface area contributed by atoms with E-state index in [-0.39, 0.29) is 24.0 Å². The molecule has 3 rings (SSSR count). The van der Waals surface area contributed by atoms with Crippen LogP contribution < -0.4 is 5.32 Å². The highest BCUT2D eigenvalue weighted by atomic mass is 127. The van der Waals surface area contributed by atoms with Crippen molar-refractivity contribution in [2.24, 2.45) is 16.8 Å². The molecular weight excluding hydrogens is 483 g/mol. The summed E-state index contributed by atoms with van der Waals surface area (Å²) >= 11 is 1.89. The van der Waals surface area contributed by atoms with Gasteiger partial charge in [-0.15, -0.1) is 35.3 Å². The zero-order valence-corrected chi connectivity index (χ0v) is 20.7. The molecular formula is C21H37IN4OS. The largest absolute Gasteiger partial charge is 0.381 e. The number of likely N-dealkylation sites (tertiary alicyclic amines) is 1. The minimum Gasteiger partial charge on any atom is -0.381 e. The number of thiophene rings is 1. The maximum Gasteiger partial charge on any atom is 0.193 e. The Morgan fingerprint density at radius 2 is 2.14 bits per heavy atom. The molecule has 160 valence electrons. The van der Waals surface area contributed by atoms with Crippen molar-refractivity contribution in [1.29, 1.82) is 0 Å². The molecule has 0 bridgehead atoms. The van der Waals surface area contributed by atoms with E-state index in [0.29, 0.717) is 12.0 Å². The Morgan fingerprint density at radius 3 is 2.82 bits per heavy atom. The van der Waals surface area contributed by atoms with Crippen molar-refractivity contribution in [3.63, 3.8) is 0 Å². The third-order valence-corrected chi connectivity index (χ3v) is 7.09. The van der Waals surface area contributed by atoms with Crippen molar-refractivity contribution >= 4 is 41.3 Å². The summed E-state index contributed by atoms with van der Waals surface area (Å²) in [5, 5.41) is 5.87. The third kappa shape index (κ3) is 6.57. The smallest absolute Gasteiger partial charge is 0.193 e. The average Bonchev–Trinajstić information content (AvgIpc) is 3.22. The number of hydrogen-bond acceptors (Lipinski definition) is 4. The van der Waals surface area contributed by atoms with Crippen molar-refractivity contribution in [3.05, 3.63) is 22.4 Å². The molecule has 0 amide bonds. The Bertz CT molecular complexity index is 577. The molecule has 3 heterocycles. The third-order valence-electron chi connectivity index (χ3n) is 6.15. The van der Waals surface area contributed by atoms with E-state index in [1.165, 1.54) is 43.5 Å². The van der Waals surface area contributed by atoms with Crippen LogP contribution in [0.1, 0.15) is 43.0 Å². The van der Waals surface area contributed by atoms with E-state index in [0.717, 1.165) is 38.2 Å². The maximum atomic E-state index is 5.48. The van der Waals surface area contributed by atoms with Gasteiger partial charge >= 0.3 is 0 Å². The average molecular weight is 521 g/mol. The zero-order chi connectivity index (χ0) is 19.1. The molecule has 2 atom stereocenters. The number of piperidine rings is 1. The highest BCUT2D eigenvalue weighted by molar-refractivity contribution is 14.0. The van der Waals surface area contributed by atoms with Crippen LogP contribution in [-0.2, 0) is 4.74 Å². The Hall–Kier alpha value is -0.380. The second-order valence-corrected chi connectivity index (χ2v) is 9.02. The lowest BCUT2D eigenvalue weighted by Crippen LogP contribution is -2.45. The molecule has 0 aromatic carbocycles. The number of guanidine groups is 1. The predicted octanol–water partition coefficient (Wildman–Crippen LogP) is 4.07. The van der Waals surface area contributed by atoms with Crippen LogP contribution in [0.25, 0.3) is 0 Å². The number of ether oxygens (including phenoxy) is 1. The van der Waals surface area contributed by atoms with Crippen LogP contribution in [0.5, 0.6) is 0 Å². The Labute approximate surface area is 191 Å². The Balaban J connectivity index is 0.00000280. The normalized spacial score (nSPS) is 24.6. The van der Waals surface area contributed by atoms with Crippen LogP contribution in [0.4, 0.5) is 0 Å². The van der Waals surface area contributed by atoms with Crippen LogP contribution in [0, 0.1) is 11.8 Å². The molecule has 2 fully saturated rings. The summed E-state index contributed by atoms with van der Waals surface area (Å²) < 4.78 is 5.48. The number of halogens is 1. The minimum atomic E-state index is 0. The minimum absolute atomic E-state index is 0. The Kier molecular flexibility index (Phi) is 10.5. The van der Waals surface area contributed by atoms with E-state index in [9.17, 15) is 0 Å². The van der Waals surface area contributed by atoms with E-state index in [1.54, 1.807) is 0 Å². The van der Waals surface area contributed by atoms with E-state index in [1.807, 2.05) is 18.4 Å². The van der Waals surface area contributed by atoms with Gasteiger partial charge in [0.25, 0.3) is 0 Å². The molecule has 0 aliphatic carbocycles. The fourth-order valence-electron chi connectivity index (χ4n) is 4.51. The van der Waals surface area contributed by atoms with Crippen LogP contribution in [0.15, 0.2) is 22.5 Å². The first-order valence-electron chi connectivity index (χ1n) is 10.4. The van der Waals surface area contributed by atoms with Crippen molar-refractivity contribution in [2.45, 2.75) is 38.1 Å². The van der Waals surface area contributed by atoms with Crippen molar-refractivity contribution in [3.8, 4) is 0 Å². The summed E-state index contributed by atoms with van der Waals surface area (Å²) in [7, 11) is 6.33. The summed E-state index contributed by atoms with van der Waals surface area (Å²) in [6.45, 7) is 5.10. The summed E-state index contributed by atoms with van der Waals surface area (Å²) in [5.74, 6) is 2.46. The fraction of sp³-hybridized carbons (Fsp3) is 0.762. The van der Waals surface area contributed by atoms with Crippen LogP contribution in [-0.4, -0.2) is 69.8 Å². The maximum absolute atomic E-state index is 5.48. The van der Waals surface area contributed by atoms with Gasteiger partial charge in [0.1, 0.15) is 0 Å². The number of nitrogens with zero attached hydrogens (tertiary/aromatic N) is 3. The van der Waals surface area contributed by atoms with Gasteiger partial charge in [-0.2, -0.15) is 0 Å². The molecule has 7 heteroatoms. The van der Waals surface area contributed by atoms with Crippen LogP contribution in [0.2, 0.25) is 0 Å². The van der Waals surface area contributed by atoms with E-state index >= 15 is 0 Å². The molecule has 2 unspecified atom stereocenters. The van der Waals surface area contributed by atoms with Crippen LogP contribution >= 0.6 is 35.3 Å². The first-order chi connectivity index (χ1) is 13.2. The van der Waals surface area contributed by atoms with Gasteiger partial charge in [0.2, 0.25) is 0 Å². The van der Waals surface area contributed by atoms with Crippen molar-refractivity contribution in [1.82, 2.24) is 15.1 Å².